The summed E-state index contributed by atoms with van der Waals surface area (Å²) >= 11 is 3.47. The molecular weight excluding hydrogens is 384 g/mol. The SMILES string of the molecule is CC(C)(C)OC(=O)N1CCCC2(CCC(O)(c3cccnc3Br)C2)C1. The maximum atomic E-state index is 12.5. The van der Waals surface area contributed by atoms with Crippen LogP contribution >= 0.6 is 15.9 Å². The van der Waals surface area contributed by atoms with Crippen molar-refractivity contribution in [3.63, 3.8) is 0 Å². The normalized spacial score (nSPS) is 29.9. The minimum absolute atomic E-state index is 0.0425. The average Bonchev–Trinajstić information content (AvgIpc) is 2.83. The number of rotatable bonds is 1. The number of pyridine rings is 1. The number of amides is 1. The van der Waals surface area contributed by atoms with Crippen molar-refractivity contribution in [3.8, 4) is 0 Å². The van der Waals surface area contributed by atoms with Crippen LogP contribution in [0, 0.1) is 5.41 Å². The Morgan fingerprint density at radius 3 is 2.80 bits per heavy atom. The lowest BCUT2D eigenvalue weighted by atomic mass is 9.76. The molecule has 1 spiro atoms. The number of hydrogen-bond donors (Lipinski definition) is 1. The first-order valence-corrected chi connectivity index (χ1v) is 9.73. The number of carbonyl (C=O) groups is 1. The molecule has 2 atom stereocenters. The van der Waals surface area contributed by atoms with E-state index in [0.717, 1.165) is 31.4 Å². The van der Waals surface area contributed by atoms with E-state index in [1.165, 1.54) is 0 Å². The Kier molecular flexibility index (Phi) is 4.88. The zero-order valence-electron chi connectivity index (χ0n) is 15.2. The van der Waals surface area contributed by atoms with E-state index in [9.17, 15) is 9.90 Å². The lowest BCUT2D eigenvalue weighted by molar-refractivity contribution is -0.00933. The van der Waals surface area contributed by atoms with Crippen LogP contribution in [0.25, 0.3) is 0 Å². The predicted octanol–water partition coefficient (Wildman–Crippen LogP) is 4.23. The quantitative estimate of drug-likeness (QED) is 0.703. The molecule has 2 aliphatic rings. The Balaban J connectivity index is 1.75. The first-order valence-electron chi connectivity index (χ1n) is 8.94. The monoisotopic (exact) mass is 410 g/mol. The largest absolute Gasteiger partial charge is 0.444 e. The Bertz CT molecular complexity index is 660. The van der Waals surface area contributed by atoms with Crippen molar-refractivity contribution in [2.45, 2.75) is 64.1 Å². The van der Waals surface area contributed by atoms with Crippen molar-refractivity contribution in [1.82, 2.24) is 9.88 Å². The number of piperidine rings is 1. The van der Waals surface area contributed by atoms with Gasteiger partial charge in [0.25, 0.3) is 0 Å². The molecule has 138 valence electrons. The van der Waals surface area contributed by atoms with Crippen molar-refractivity contribution in [2.24, 2.45) is 5.41 Å². The van der Waals surface area contributed by atoms with Crippen LogP contribution in [0.2, 0.25) is 0 Å². The topological polar surface area (TPSA) is 62.7 Å². The van der Waals surface area contributed by atoms with Crippen LogP contribution in [0.1, 0.15) is 58.4 Å². The summed E-state index contributed by atoms with van der Waals surface area (Å²) in [7, 11) is 0. The maximum absolute atomic E-state index is 12.5. The van der Waals surface area contributed by atoms with E-state index in [1.807, 2.05) is 37.8 Å². The molecule has 1 aromatic rings. The lowest BCUT2D eigenvalue weighted by Gasteiger charge is -2.41. The molecule has 0 aromatic carbocycles. The van der Waals surface area contributed by atoms with Crippen molar-refractivity contribution >= 4 is 22.0 Å². The number of aliphatic hydroxyl groups is 1. The highest BCUT2D eigenvalue weighted by molar-refractivity contribution is 9.10. The van der Waals surface area contributed by atoms with Crippen LogP contribution in [0.4, 0.5) is 4.79 Å². The van der Waals surface area contributed by atoms with E-state index in [4.69, 9.17) is 4.74 Å². The Labute approximate surface area is 157 Å². The lowest BCUT2D eigenvalue weighted by Crippen LogP contribution is -2.47. The van der Waals surface area contributed by atoms with Gasteiger partial charge in [0, 0.05) is 24.8 Å². The number of carbonyl (C=O) groups excluding carboxylic acids is 1. The predicted molar refractivity (Wildman–Crippen MR) is 99.2 cm³/mol. The third-order valence-electron chi connectivity index (χ3n) is 5.31. The summed E-state index contributed by atoms with van der Waals surface area (Å²) in [5.41, 5.74) is -0.566. The first kappa shape index (κ1) is 18.6. The van der Waals surface area contributed by atoms with Gasteiger partial charge in [-0.2, -0.15) is 0 Å². The molecule has 2 fully saturated rings. The molecule has 1 amide bonds. The van der Waals surface area contributed by atoms with Gasteiger partial charge in [0.1, 0.15) is 10.2 Å². The van der Waals surface area contributed by atoms with Gasteiger partial charge in [-0.25, -0.2) is 9.78 Å². The summed E-state index contributed by atoms with van der Waals surface area (Å²) in [4.78, 5) is 18.5. The zero-order chi connectivity index (χ0) is 18.3. The van der Waals surface area contributed by atoms with Gasteiger partial charge in [0.15, 0.2) is 0 Å². The highest BCUT2D eigenvalue weighted by atomic mass is 79.9. The second-order valence-electron chi connectivity index (χ2n) is 8.56. The van der Waals surface area contributed by atoms with Crippen LogP contribution in [-0.2, 0) is 10.3 Å². The fourth-order valence-electron chi connectivity index (χ4n) is 4.27. The molecule has 25 heavy (non-hydrogen) atoms. The second kappa shape index (κ2) is 6.54. The Morgan fingerprint density at radius 1 is 1.36 bits per heavy atom. The molecule has 1 saturated carbocycles. The second-order valence-corrected chi connectivity index (χ2v) is 9.31. The van der Waals surface area contributed by atoms with Crippen LogP contribution in [0.15, 0.2) is 22.9 Å². The molecule has 2 unspecified atom stereocenters. The van der Waals surface area contributed by atoms with Crippen molar-refractivity contribution in [1.29, 1.82) is 0 Å². The molecule has 1 saturated heterocycles. The summed E-state index contributed by atoms with van der Waals surface area (Å²) in [5.74, 6) is 0. The fourth-order valence-corrected chi connectivity index (χ4v) is 4.89. The van der Waals surface area contributed by atoms with Crippen LogP contribution in [-0.4, -0.2) is 39.8 Å². The number of likely N-dealkylation sites (tertiary alicyclic amines) is 1. The van der Waals surface area contributed by atoms with Gasteiger partial charge < -0.3 is 14.7 Å². The molecule has 1 aliphatic heterocycles. The highest BCUT2D eigenvalue weighted by Gasteiger charge is 2.51. The standard InChI is InChI=1S/C19H27BrN2O3/c1-17(2,3)25-16(23)22-11-5-7-18(13-22)8-9-19(24,12-18)14-6-4-10-21-15(14)20/h4,6,10,24H,5,7-9,11-13H2,1-3H3. The molecule has 6 heteroatoms. The molecule has 2 heterocycles. The van der Waals surface area contributed by atoms with Gasteiger partial charge in [0.2, 0.25) is 0 Å². The van der Waals surface area contributed by atoms with Gasteiger partial charge >= 0.3 is 6.09 Å². The third-order valence-corrected chi connectivity index (χ3v) is 5.94. The molecule has 0 radical (unpaired) electrons. The van der Waals surface area contributed by atoms with E-state index < -0.39 is 11.2 Å². The molecule has 1 N–H and O–H groups in total. The van der Waals surface area contributed by atoms with E-state index in [2.05, 4.69) is 20.9 Å². The highest BCUT2D eigenvalue weighted by Crippen LogP contribution is 2.54. The van der Waals surface area contributed by atoms with Gasteiger partial charge in [0.05, 0.1) is 5.60 Å². The zero-order valence-corrected chi connectivity index (χ0v) is 16.8. The smallest absolute Gasteiger partial charge is 0.410 e. The first-order chi connectivity index (χ1) is 11.6. The summed E-state index contributed by atoms with van der Waals surface area (Å²) in [6.07, 6.45) is 5.71. The third kappa shape index (κ3) is 4.00. The van der Waals surface area contributed by atoms with Gasteiger partial charge in [-0.3, -0.25) is 0 Å². The number of nitrogens with zero attached hydrogens (tertiary/aromatic N) is 2. The molecule has 3 rings (SSSR count). The van der Waals surface area contributed by atoms with Crippen LogP contribution < -0.4 is 0 Å². The summed E-state index contributed by atoms with van der Waals surface area (Å²) in [6, 6.07) is 3.79. The van der Waals surface area contributed by atoms with Gasteiger partial charge in [-0.1, -0.05) is 6.07 Å². The van der Waals surface area contributed by atoms with Gasteiger partial charge in [-0.05, 0) is 80.3 Å². The molecule has 5 nitrogen and oxygen atoms in total. The minimum Gasteiger partial charge on any atom is -0.444 e. The van der Waals surface area contributed by atoms with Crippen LogP contribution in [0.5, 0.6) is 0 Å². The Hall–Kier alpha value is -1.14. The molecule has 1 aromatic heterocycles. The maximum Gasteiger partial charge on any atom is 0.410 e. The van der Waals surface area contributed by atoms with Crippen molar-refractivity contribution in [2.75, 3.05) is 13.1 Å². The minimum atomic E-state index is -0.885. The summed E-state index contributed by atoms with van der Waals surface area (Å²) in [5, 5.41) is 11.3. The number of hydrogen-bond acceptors (Lipinski definition) is 4. The van der Waals surface area contributed by atoms with E-state index in [-0.39, 0.29) is 11.5 Å². The van der Waals surface area contributed by atoms with Gasteiger partial charge in [-0.15, -0.1) is 0 Å². The fraction of sp³-hybridized carbons (Fsp3) is 0.684. The molecule has 1 aliphatic carbocycles. The summed E-state index contributed by atoms with van der Waals surface area (Å²) in [6.45, 7) is 7.05. The van der Waals surface area contributed by atoms with E-state index >= 15 is 0 Å². The summed E-state index contributed by atoms with van der Waals surface area (Å²) < 4.78 is 6.25. The number of ether oxygens (including phenoxy) is 1. The van der Waals surface area contributed by atoms with E-state index in [0.29, 0.717) is 24.0 Å². The van der Waals surface area contributed by atoms with Crippen LogP contribution in [0.3, 0.4) is 0 Å². The Morgan fingerprint density at radius 2 is 2.12 bits per heavy atom. The molecule has 0 bridgehead atoms. The number of halogens is 1. The van der Waals surface area contributed by atoms with E-state index in [1.54, 1.807) is 6.20 Å². The average molecular weight is 411 g/mol. The number of aromatic nitrogens is 1. The van der Waals surface area contributed by atoms with Crippen molar-refractivity contribution in [3.05, 3.63) is 28.5 Å². The van der Waals surface area contributed by atoms with Crippen molar-refractivity contribution < 1.29 is 14.6 Å². The molecular formula is C19H27BrN2O3.